The number of nitrogens with zero attached hydrogens (tertiary/aromatic N) is 2. The van der Waals surface area contributed by atoms with Gasteiger partial charge in [0.05, 0.1) is 17.9 Å². The van der Waals surface area contributed by atoms with Gasteiger partial charge >= 0.3 is 0 Å². The molecule has 0 aliphatic carbocycles. The lowest BCUT2D eigenvalue weighted by molar-refractivity contribution is 0.579. The van der Waals surface area contributed by atoms with Gasteiger partial charge in [0.15, 0.2) is 0 Å². The molecular formula is C11H17N5O2S2. The molecule has 2 heterocycles. The molecular weight excluding hydrogens is 298 g/mol. The van der Waals surface area contributed by atoms with Gasteiger partial charge < -0.3 is 5.73 Å². The first-order valence-corrected chi connectivity index (χ1v) is 8.45. The molecule has 20 heavy (non-hydrogen) atoms. The van der Waals surface area contributed by atoms with Crippen molar-refractivity contribution in [3.05, 3.63) is 27.5 Å². The lowest BCUT2D eigenvalue weighted by atomic mass is 10.4. The maximum absolute atomic E-state index is 12.3. The van der Waals surface area contributed by atoms with Crippen LogP contribution in [0.5, 0.6) is 0 Å². The molecule has 2 aromatic rings. The summed E-state index contributed by atoms with van der Waals surface area (Å²) in [6.07, 6.45) is 2.66. The van der Waals surface area contributed by atoms with E-state index in [4.69, 9.17) is 5.73 Å². The molecule has 0 aliphatic heterocycles. The van der Waals surface area contributed by atoms with Gasteiger partial charge in [0, 0.05) is 17.6 Å². The summed E-state index contributed by atoms with van der Waals surface area (Å²) in [6, 6.07) is 0. The third kappa shape index (κ3) is 3.06. The highest BCUT2D eigenvalue weighted by atomic mass is 32.2. The number of nitrogens with one attached hydrogen (secondary N) is 2. The van der Waals surface area contributed by atoms with Gasteiger partial charge in [0.2, 0.25) is 10.0 Å². The van der Waals surface area contributed by atoms with Crippen molar-refractivity contribution in [2.24, 2.45) is 5.73 Å². The third-order valence-electron chi connectivity index (χ3n) is 2.79. The monoisotopic (exact) mass is 315 g/mol. The zero-order chi connectivity index (χ0) is 14.8. The Hall–Kier alpha value is -1.29. The van der Waals surface area contributed by atoms with Crippen LogP contribution < -0.4 is 10.5 Å². The van der Waals surface area contributed by atoms with Gasteiger partial charge in [0.25, 0.3) is 0 Å². The molecule has 0 saturated heterocycles. The van der Waals surface area contributed by atoms with Crippen LogP contribution >= 0.6 is 11.3 Å². The van der Waals surface area contributed by atoms with Gasteiger partial charge in [-0.2, -0.15) is 5.10 Å². The lowest BCUT2D eigenvalue weighted by Crippen LogP contribution is -2.25. The highest BCUT2D eigenvalue weighted by molar-refractivity contribution is 7.89. The Morgan fingerprint density at radius 2 is 2.25 bits per heavy atom. The Kier molecular flexibility index (Phi) is 4.53. The molecule has 0 aliphatic rings. The predicted octanol–water partition coefficient (Wildman–Crippen LogP) is 0.674. The van der Waals surface area contributed by atoms with Gasteiger partial charge in [0.1, 0.15) is 9.90 Å². The largest absolute Gasteiger partial charge is 0.325 e. The van der Waals surface area contributed by atoms with E-state index < -0.39 is 10.0 Å². The summed E-state index contributed by atoms with van der Waals surface area (Å²) in [7, 11) is -3.64. The number of H-pyrrole nitrogens is 1. The average Bonchev–Trinajstić information content (AvgIpc) is 3.02. The van der Waals surface area contributed by atoms with E-state index in [2.05, 4.69) is 19.9 Å². The second-order valence-corrected chi connectivity index (χ2v) is 7.13. The predicted molar refractivity (Wildman–Crippen MR) is 76.7 cm³/mol. The molecule has 110 valence electrons. The Morgan fingerprint density at radius 3 is 2.85 bits per heavy atom. The molecule has 0 spiro atoms. The summed E-state index contributed by atoms with van der Waals surface area (Å²) in [5.74, 6) is 0. The molecule has 0 aromatic carbocycles. The molecule has 0 amide bonds. The first-order valence-electron chi connectivity index (χ1n) is 6.15. The standard InChI is InChI=1S/C11H17N5O2S2/c1-3-8-5-13-10(19-8)6-14-20(17,18)11-7(2)15-16-9(11)4-12/h5,14H,3-4,6,12H2,1-2H3,(H,15,16). The molecule has 9 heteroatoms. The molecule has 0 unspecified atom stereocenters. The molecule has 4 N–H and O–H groups in total. The topological polar surface area (TPSA) is 114 Å². The first-order chi connectivity index (χ1) is 9.47. The fourth-order valence-corrected chi connectivity index (χ4v) is 4.04. The molecule has 2 aromatic heterocycles. The van der Waals surface area contributed by atoms with Crippen LogP contribution in [0.4, 0.5) is 0 Å². The zero-order valence-electron chi connectivity index (χ0n) is 11.3. The van der Waals surface area contributed by atoms with E-state index in [1.165, 1.54) is 11.3 Å². The van der Waals surface area contributed by atoms with Gasteiger partial charge in [-0.25, -0.2) is 18.1 Å². The highest BCUT2D eigenvalue weighted by Crippen LogP contribution is 2.18. The van der Waals surface area contributed by atoms with Crippen LogP contribution in [-0.4, -0.2) is 23.6 Å². The molecule has 0 atom stereocenters. The Bertz CT molecular complexity index is 689. The minimum atomic E-state index is -3.64. The van der Waals surface area contributed by atoms with Crippen LogP contribution in [-0.2, 0) is 29.5 Å². The maximum Gasteiger partial charge on any atom is 0.244 e. The van der Waals surface area contributed by atoms with E-state index in [1.807, 2.05) is 6.92 Å². The summed E-state index contributed by atoms with van der Waals surface area (Å²) in [5, 5.41) is 7.27. The van der Waals surface area contributed by atoms with E-state index in [-0.39, 0.29) is 18.0 Å². The minimum absolute atomic E-state index is 0.0673. The number of aromatic nitrogens is 3. The number of sulfonamides is 1. The van der Waals surface area contributed by atoms with Gasteiger partial charge in [-0.15, -0.1) is 11.3 Å². The molecule has 0 fully saturated rings. The fraction of sp³-hybridized carbons (Fsp3) is 0.455. The molecule has 2 rings (SSSR count). The molecule has 0 bridgehead atoms. The fourth-order valence-electron chi connectivity index (χ4n) is 1.79. The van der Waals surface area contributed by atoms with Crippen LogP contribution in [0, 0.1) is 6.92 Å². The summed E-state index contributed by atoms with van der Waals surface area (Å²) in [5.41, 5.74) is 6.32. The normalized spacial score (nSPS) is 11.9. The summed E-state index contributed by atoms with van der Waals surface area (Å²) in [6.45, 7) is 3.92. The number of thiazole rings is 1. The lowest BCUT2D eigenvalue weighted by Gasteiger charge is -2.05. The van der Waals surface area contributed by atoms with Crippen LogP contribution in [0.2, 0.25) is 0 Å². The summed E-state index contributed by atoms with van der Waals surface area (Å²) in [4.78, 5) is 5.44. The number of aryl methyl sites for hydroxylation is 2. The minimum Gasteiger partial charge on any atom is -0.325 e. The van der Waals surface area contributed by atoms with Crippen molar-refractivity contribution in [3.63, 3.8) is 0 Å². The highest BCUT2D eigenvalue weighted by Gasteiger charge is 2.23. The zero-order valence-corrected chi connectivity index (χ0v) is 12.9. The third-order valence-corrected chi connectivity index (χ3v) is 5.53. The van der Waals surface area contributed by atoms with Crippen molar-refractivity contribution in [3.8, 4) is 0 Å². The number of aromatic amines is 1. The van der Waals surface area contributed by atoms with Gasteiger partial charge in [-0.3, -0.25) is 5.10 Å². The second kappa shape index (κ2) is 6.00. The number of hydrogen-bond donors (Lipinski definition) is 3. The van der Waals surface area contributed by atoms with Crippen LogP contribution in [0.3, 0.4) is 0 Å². The summed E-state index contributed by atoms with van der Waals surface area (Å²) < 4.78 is 27.1. The van der Waals surface area contributed by atoms with Crippen molar-refractivity contribution < 1.29 is 8.42 Å². The smallest absolute Gasteiger partial charge is 0.244 e. The maximum atomic E-state index is 12.3. The van der Waals surface area contributed by atoms with Crippen molar-refractivity contribution in [1.29, 1.82) is 0 Å². The van der Waals surface area contributed by atoms with E-state index >= 15 is 0 Å². The van der Waals surface area contributed by atoms with E-state index in [0.717, 1.165) is 16.3 Å². The van der Waals surface area contributed by atoms with E-state index in [0.29, 0.717) is 11.4 Å². The number of hydrogen-bond acceptors (Lipinski definition) is 6. The van der Waals surface area contributed by atoms with Crippen molar-refractivity contribution >= 4 is 21.4 Å². The van der Waals surface area contributed by atoms with Gasteiger partial charge in [-0.05, 0) is 13.3 Å². The van der Waals surface area contributed by atoms with Crippen LogP contribution in [0.25, 0.3) is 0 Å². The second-order valence-electron chi connectivity index (χ2n) is 4.23. The van der Waals surface area contributed by atoms with Crippen molar-refractivity contribution in [2.45, 2.75) is 38.3 Å². The van der Waals surface area contributed by atoms with Gasteiger partial charge in [-0.1, -0.05) is 6.92 Å². The van der Waals surface area contributed by atoms with Crippen molar-refractivity contribution in [1.82, 2.24) is 19.9 Å². The van der Waals surface area contributed by atoms with E-state index in [1.54, 1.807) is 13.1 Å². The van der Waals surface area contributed by atoms with Crippen LogP contribution in [0.1, 0.15) is 28.2 Å². The Morgan fingerprint density at radius 1 is 1.50 bits per heavy atom. The SMILES string of the molecule is CCc1cnc(CNS(=O)(=O)c2c(CN)n[nH]c2C)s1. The average molecular weight is 315 g/mol. The first kappa shape index (κ1) is 15.1. The number of rotatable bonds is 6. The molecule has 0 radical (unpaired) electrons. The summed E-state index contributed by atoms with van der Waals surface area (Å²) >= 11 is 1.50. The van der Waals surface area contributed by atoms with Crippen LogP contribution in [0.15, 0.2) is 11.1 Å². The van der Waals surface area contributed by atoms with E-state index in [9.17, 15) is 8.42 Å². The quantitative estimate of drug-likeness (QED) is 0.725. The Balaban J connectivity index is 2.17. The Labute approximate surface area is 121 Å². The molecule has 7 nitrogen and oxygen atoms in total. The number of nitrogens with two attached hydrogens (primary N) is 1. The molecule has 0 saturated carbocycles. The van der Waals surface area contributed by atoms with Crippen molar-refractivity contribution in [2.75, 3.05) is 0 Å².